The number of furan rings is 2. The predicted molar refractivity (Wildman–Crippen MR) is 321 cm³/mol. The number of anilines is 6. The van der Waals surface area contributed by atoms with Crippen molar-refractivity contribution in [3.05, 3.63) is 222 Å². The second kappa shape index (κ2) is 15.8. The number of hydrogen-bond donors (Lipinski definition) is 0. The molecule has 4 heterocycles. The molecule has 0 fully saturated rings. The zero-order valence-electron chi connectivity index (χ0n) is 44.3. The van der Waals surface area contributed by atoms with Crippen LogP contribution in [0.1, 0.15) is 77.6 Å². The molecule has 0 radical (unpaired) electrons. The molecule has 12 aromatic rings. The molecule has 366 valence electrons. The van der Waals surface area contributed by atoms with Crippen LogP contribution in [-0.2, 0) is 16.2 Å². The minimum absolute atomic E-state index is 0.0767. The molecule has 0 saturated heterocycles. The number of fused-ring (bicyclic) bond motifs is 13. The monoisotopic (exact) mass is 980 g/mol. The second-order valence-corrected chi connectivity index (χ2v) is 24.1. The summed E-state index contributed by atoms with van der Waals surface area (Å²) in [6, 6.07) is 74.9. The second-order valence-electron chi connectivity index (χ2n) is 24.1. The van der Waals surface area contributed by atoms with Crippen LogP contribution in [0.3, 0.4) is 0 Å². The minimum atomic E-state index is -0.167. The van der Waals surface area contributed by atoms with E-state index in [0.29, 0.717) is 0 Å². The normalized spacial score (nSPS) is 14.3. The fourth-order valence-electron chi connectivity index (χ4n) is 13.3. The number of nitrogens with zero attached hydrogens (tertiary/aromatic N) is 2. The van der Waals surface area contributed by atoms with E-state index in [1.807, 2.05) is 6.07 Å². The quantitative estimate of drug-likeness (QED) is 0.165. The Labute approximate surface area is 444 Å². The van der Waals surface area contributed by atoms with Gasteiger partial charge < -0.3 is 18.6 Å². The Morgan fingerprint density at radius 3 is 1.57 bits per heavy atom. The van der Waals surface area contributed by atoms with Crippen molar-refractivity contribution in [1.29, 1.82) is 0 Å². The van der Waals surface area contributed by atoms with Gasteiger partial charge in [0.2, 0.25) is 0 Å². The summed E-state index contributed by atoms with van der Waals surface area (Å²) in [4.78, 5) is 5.18. The number of rotatable bonds is 4. The van der Waals surface area contributed by atoms with Crippen molar-refractivity contribution in [2.75, 3.05) is 9.80 Å². The molecular formula is C71H57BN2O2. The highest BCUT2D eigenvalue weighted by Crippen LogP contribution is 2.53. The average Bonchev–Trinajstić information content (AvgIpc) is 4.20. The summed E-state index contributed by atoms with van der Waals surface area (Å²) in [7, 11) is 0. The van der Waals surface area contributed by atoms with E-state index in [4.69, 9.17) is 8.83 Å². The Bertz CT molecular complexity index is 4420. The summed E-state index contributed by atoms with van der Waals surface area (Å²) < 4.78 is 12.9. The van der Waals surface area contributed by atoms with E-state index in [-0.39, 0.29) is 23.0 Å². The van der Waals surface area contributed by atoms with E-state index in [1.165, 1.54) is 89.3 Å². The molecule has 0 atom stereocenters. The van der Waals surface area contributed by atoms with Crippen LogP contribution < -0.4 is 26.2 Å². The zero-order chi connectivity index (χ0) is 51.6. The smallest absolute Gasteiger partial charge is 0.252 e. The summed E-state index contributed by atoms with van der Waals surface area (Å²) in [6.07, 6.45) is 0. The van der Waals surface area contributed by atoms with Crippen LogP contribution in [0.15, 0.2) is 209 Å². The Morgan fingerprint density at radius 2 is 0.908 bits per heavy atom. The van der Waals surface area contributed by atoms with Gasteiger partial charge in [0.25, 0.3) is 6.71 Å². The first-order valence-electron chi connectivity index (χ1n) is 26.9. The van der Waals surface area contributed by atoms with Gasteiger partial charge in [-0.1, -0.05) is 183 Å². The van der Waals surface area contributed by atoms with Crippen LogP contribution in [0.4, 0.5) is 34.1 Å². The highest BCUT2D eigenvalue weighted by atomic mass is 16.3. The molecule has 0 N–H and O–H groups in total. The van der Waals surface area contributed by atoms with E-state index < -0.39 is 0 Å². The zero-order valence-corrected chi connectivity index (χ0v) is 44.3. The third-order valence-electron chi connectivity index (χ3n) is 17.2. The van der Waals surface area contributed by atoms with Crippen molar-refractivity contribution in [1.82, 2.24) is 0 Å². The molecule has 4 nitrogen and oxygen atoms in total. The third-order valence-corrected chi connectivity index (χ3v) is 17.2. The largest absolute Gasteiger partial charge is 0.456 e. The van der Waals surface area contributed by atoms with Crippen molar-refractivity contribution in [2.24, 2.45) is 0 Å². The molecule has 0 saturated carbocycles. The Hall–Kier alpha value is -8.54. The molecule has 0 amide bonds. The van der Waals surface area contributed by atoms with Gasteiger partial charge in [-0.2, -0.15) is 0 Å². The van der Waals surface area contributed by atoms with Crippen LogP contribution in [0.25, 0.3) is 77.3 Å². The summed E-state index contributed by atoms with van der Waals surface area (Å²) in [5.74, 6) is 0. The predicted octanol–water partition coefficient (Wildman–Crippen LogP) is 17.8. The Kier molecular flexibility index (Phi) is 9.31. The Balaban J connectivity index is 1.01. The first-order chi connectivity index (χ1) is 36.7. The van der Waals surface area contributed by atoms with Crippen molar-refractivity contribution in [3.8, 4) is 33.4 Å². The van der Waals surface area contributed by atoms with Crippen molar-refractivity contribution in [2.45, 2.75) is 71.6 Å². The van der Waals surface area contributed by atoms with Crippen molar-refractivity contribution in [3.63, 3.8) is 0 Å². The van der Waals surface area contributed by atoms with Gasteiger partial charge in [-0.25, -0.2) is 0 Å². The molecule has 76 heavy (non-hydrogen) atoms. The highest BCUT2D eigenvalue weighted by molar-refractivity contribution is 7.00. The summed E-state index contributed by atoms with van der Waals surface area (Å²) in [5.41, 5.74) is 26.8. The lowest BCUT2D eigenvalue weighted by atomic mass is 9.33. The van der Waals surface area contributed by atoms with Crippen LogP contribution in [0.2, 0.25) is 0 Å². The van der Waals surface area contributed by atoms with Crippen LogP contribution >= 0.6 is 0 Å². The van der Waals surface area contributed by atoms with Gasteiger partial charge >= 0.3 is 0 Å². The first kappa shape index (κ1) is 44.9. The maximum Gasteiger partial charge on any atom is 0.252 e. The number of hydrogen-bond acceptors (Lipinski definition) is 4. The van der Waals surface area contributed by atoms with Gasteiger partial charge in [-0.15, -0.1) is 0 Å². The van der Waals surface area contributed by atoms with Crippen LogP contribution in [0, 0.1) is 0 Å². The topological polar surface area (TPSA) is 32.8 Å². The van der Waals surface area contributed by atoms with Gasteiger partial charge in [-0.3, -0.25) is 0 Å². The molecule has 5 heteroatoms. The van der Waals surface area contributed by atoms with Crippen LogP contribution in [0.5, 0.6) is 0 Å². The fourth-order valence-corrected chi connectivity index (χ4v) is 13.3. The van der Waals surface area contributed by atoms with Crippen molar-refractivity contribution < 1.29 is 8.83 Å². The summed E-state index contributed by atoms with van der Waals surface area (Å²) >= 11 is 0. The fraction of sp³-hybridized carbons (Fsp3) is 0.155. The van der Waals surface area contributed by atoms with Gasteiger partial charge in [-0.05, 0) is 156 Å². The molecule has 0 bridgehead atoms. The van der Waals surface area contributed by atoms with E-state index in [2.05, 4.69) is 259 Å². The summed E-state index contributed by atoms with van der Waals surface area (Å²) in [5, 5.41) is 4.54. The molecule has 0 spiro atoms. The lowest BCUT2D eigenvalue weighted by molar-refractivity contribution is 0.590. The third kappa shape index (κ3) is 6.44. The standard InChI is InChI=1S/C71H57BN2O2/c1-69(2,3)44-30-35-56-59(38-44)74(47-33-34-51-50-17-9-12-22-54(50)71(7,8)55(51)41-47)61-40-45(70(4,5)6)39-60-68(61)72(56)57-37-43(49-21-16-26-65-67(49)53-19-11-14-24-63(53)76-65)29-36-58(57)73(60)46-31-27-42(28-32-46)48-20-15-25-64-66(48)52-18-10-13-23-62(52)75-64/h9-41H,1-8H3. The lowest BCUT2D eigenvalue weighted by Gasteiger charge is -2.45. The Morgan fingerprint density at radius 1 is 0.382 bits per heavy atom. The van der Waals surface area contributed by atoms with E-state index in [1.54, 1.807) is 0 Å². The molecule has 1 aliphatic carbocycles. The van der Waals surface area contributed by atoms with E-state index >= 15 is 0 Å². The van der Waals surface area contributed by atoms with Crippen LogP contribution in [-0.4, -0.2) is 6.71 Å². The van der Waals surface area contributed by atoms with Gasteiger partial charge in [0, 0.05) is 61.1 Å². The maximum atomic E-state index is 6.51. The van der Waals surface area contributed by atoms with E-state index in [9.17, 15) is 0 Å². The van der Waals surface area contributed by atoms with Crippen molar-refractivity contribution >= 4 is 101 Å². The molecule has 0 unspecified atom stereocenters. The molecule has 2 aliphatic heterocycles. The summed E-state index contributed by atoms with van der Waals surface area (Å²) in [6.45, 7) is 18.8. The molecular weight excluding hydrogens is 924 g/mol. The van der Waals surface area contributed by atoms with E-state index in [0.717, 1.165) is 60.7 Å². The molecule has 10 aromatic carbocycles. The lowest BCUT2D eigenvalue weighted by Crippen LogP contribution is -2.61. The molecule has 2 aromatic heterocycles. The molecule has 3 aliphatic rings. The van der Waals surface area contributed by atoms with Gasteiger partial charge in [0.15, 0.2) is 0 Å². The molecule has 15 rings (SSSR count). The van der Waals surface area contributed by atoms with Gasteiger partial charge in [0.1, 0.15) is 22.3 Å². The average molecular weight is 981 g/mol. The van der Waals surface area contributed by atoms with Gasteiger partial charge in [0.05, 0.1) is 0 Å². The highest BCUT2D eigenvalue weighted by Gasteiger charge is 2.45. The first-order valence-corrected chi connectivity index (χ1v) is 26.9. The maximum absolute atomic E-state index is 6.51. The number of benzene rings is 10. The number of para-hydroxylation sites is 2. The SMILES string of the molecule is CC(C)(C)c1ccc2c(c1)N(c1ccc3c(c1)C(C)(C)c1ccccc1-3)c1cc(C(C)(C)C)cc3c1B2c1cc(-c2cccc4oc5ccccc5c24)ccc1N3c1ccc(-c2cccc3oc4ccccc4c23)cc1. The minimum Gasteiger partial charge on any atom is -0.456 e.